The Hall–Kier alpha value is -0.810. The van der Waals surface area contributed by atoms with Crippen LogP contribution < -0.4 is 10.1 Å². The van der Waals surface area contributed by atoms with Gasteiger partial charge in [0.05, 0.1) is 7.11 Å². The van der Waals surface area contributed by atoms with E-state index < -0.39 is 0 Å². The van der Waals surface area contributed by atoms with Crippen molar-refractivity contribution in [2.45, 2.75) is 6.54 Å². The Morgan fingerprint density at radius 1 is 1.56 bits per heavy atom. The molecule has 1 N–H and O–H groups in total. The predicted octanol–water partition coefficient (Wildman–Crippen LogP) is 2.39. The van der Waals surface area contributed by atoms with Crippen molar-refractivity contribution < 1.29 is 4.74 Å². The minimum absolute atomic E-state index is 0.710. The molecule has 0 spiro atoms. The largest absolute Gasteiger partial charge is 0.496 e. The van der Waals surface area contributed by atoms with Crippen LogP contribution in [0, 0.1) is 0 Å². The Morgan fingerprint density at radius 2 is 2.25 bits per heavy atom. The van der Waals surface area contributed by atoms with Crippen LogP contribution in [0.15, 0.2) is 22.7 Å². The van der Waals surface area contributed by atoms with E-state index in [1.807, 2.05) is 37.2 Å². The first kappa shape index (κ1) is 13.3. The van der Waals surface area contributed by atoms with Crippen molar-refractivity contribution in [1.82, 2.24) is 10.2 Å². The van der Waals surface area contributed by atoms with E-state index in [1.165, 1.54) is 0 Å². The number of nitrogens with zero attached hydrogens (tertiary/aromatic N) is 1. The van der Waals surface area contributed by atoms with Gasteiger partial charge in [0.25, 0.3) is 0 Å². The van der Waals surface area contributed by atoms with Gasteiger partial charge in [0.1, 0.15) is 5.75 Å². The maximum Gasteiger partial charge on any atom is 0.168 e. The summed E-state index contributed by atoms with van der Waals surface area (Å²) in [6.07, 6.45) is 0. The molecule has 0 atom stereocenters. The monoisotopic (exact) mass is 302 g/mol. The molecule has 0 aliphatic carbocycles. The summed E-state index contributed by atoms with van der Waals surface area (Å²) in [5.74, 6) is 0.869. The third-order valence-corrected chi connectivity index (χ3v) is 3.22. The lowest BCUT2D eigenvalue weighted by Gasteiger charge is -2.20. The molecule has 0 radical (unpaired) electrons. The molecule has 0 bridgehead atoms. The number of hydrogen-bond acceptors (Lipinski definition) is 2. The van der Waals surface area contributed by atoms with Crippen LogP contribution in [0.5, 0.6) is 5.75 Å². The molecule has 3 nitrogen and oxygen atoms in total. The van der Waals surface area contributed by atoms with Gasteiger partial charge in [-0.05, 0) is 30.4 Å². The zero-order chi connectivity index (χ0) is 12.1. The van der Waals surface area contributed by atoms with Gasteiger partial charge in [0, 0.05) is 30.7 Å². The Balaban J connectivity index is 2.86. The van der Waals surface area contributed by atoms with E-state index in [0.717, 1.165) is 15.8 Å². The Labute approximate surface area is 110 Å². The first-order valence-corrected chi connectivity index (χ1v) is 6.04. The van der Waals surface area contributed by atoms with Crippen molar-refractivity contribution in [2.24, 2.45) is 0 Å². The van der Waals surface area contributed by atoms with Gasteiger partial charge in [-0.1, -0.05) is 15.9 Å². The van der Waals surface area contributed by atoms with Crippen LogP contribution >= 0.6 is 28.1 Å². The molecule has 1 aromatic carbocycles. The fourth-order valence-corrected chi connectivity index (χ4v) is 1.86. The van der Waals surface area contributed by atoms with Crippen LogP contribution in [0.4, 0.5) is 0 Å². The van der Waals surface area contributed by atoms with Crippen LogP contribution in [0.2, 0.25) is 0 Å². The molecule has 0 aliphatic heterocycles. The van der Waals surface area contributed by atoms with E-state index in [1.54, 1.807) is 7.11 Å². The highest BCUT2D eigenvalue weighted by Crippen LogP contribution is 2.23. The molecule has 0 unspecified atom stereocenters. The van der Waals surface area contributed by atoms with E-state index in [0.29, 0.717) is 11.7 Å². The van der Waals surface area contributed by atoms with Crippen molar-refractivity contribution in [3.63, 3.8) is 0 Å². The lowest BCUT2D eigenvalue weighted by molar-refractivity contribution is 0.398. The number of halogens is 1. The number of ether oxygens (including phenoxy) is 1. The van der Waals surface area contributed by atoms with Crippen LogP contribution in [-0.2, 0) is 6.54 Å². The summed E-state index contributed by atoms with van der Waals surface area (Å²) in [6.45, 7) is 0.711. The summed E-state index contributed by atoms with van der Waals surface area (Å²) in [5, 5.41) is 3.65. The van der Waals surface area contributed by atoms with Crippen LogP contribution in [0.3, 0.4) is 0 Å². The lowest BCUT2D eigenvalue weighted by Crippen LogP contribution is -2.34. The molecule has 0 saturated carbocycles. The highest BCUT2D eigenvalue weighted by Gasteiger charge is 2.08. The number of rotatable bonds is 3. The standard InChI is InChI=1S/C11H15BrN2OS/c1-13-11(16)14(2)7-8-6-9(12)4-5-10(8)15-3/h4-6H,7H2,1-3H3,(H,13,16). The molecule has 0 fully saturated rings. The highest BCUT2D eigenvalue weighted by atomic mass is 79.9. The van der Waals surface area contributed by atoms with Crippen molar-refractivity contribution in [2.75, 3.05) is 21.2 Å². The van der Waals surface area contributed by atoms with E-state index in [9.17, 15) is 0 Å². The molecule has 0 saturated heterocycles. The van der Waals surface area contributed by atoms with Crippen molar-refractivity contribution in [3.8, 4) is 5.75 Å². The van der Waals surface area contributed by atoms with Crippen molar-refractivity contribution >= 4 is 33.3 Å². The van der Waals surface area contributed by atoms with Gasteiger partial charge in [-0.25, -0.2) is 0 Å². The summed E-state index contributed by atoms with van der Waals surface area (Å²) in [4.78, 5) is 1.96. The molecule has 5 heteroatoms. The van der Waals surface area contributed by atoms with Gasteiger partial charge in [0.15, 0.2) is 5.11 Å². The molecule has 1 rings (SSSR count). The second kappa shape index (κ2) is 6.06. The number of nitrogens with one attached hydrogen (secondary N) is 1. The van der Waals surface area contributed by atoms with Gasteiger partial charge in [-0.3, -0.25) is 0 Å². The molecule has 1 aromatic rings. The highest BCUT2D eigenvalue weighted by molar-refractivity contribution is 9.10. The molecule has 16 heavy (non-hydrogen) atoms. The average Bonchev–Trinajstić information content (AvgIpc) is 2.28. The molecular formula is C11H15BrN2OS. The summed E-state index contributed by atoms with van der Waals surface area (Å²) in [6, 6.07) is 5.93. The molecular weight excluding hydrogens is 288 g/mol. The van der Waals surface area contributed by atoms with E-state index in [-0.39, 0.29) is 0 Å². The molecule has 0 amide bonds. The topological polar surface area (TPSA) is 24.5 Å². The molecule has 0 aromatic heterocycles. The fraction of sp³-hybridized carbons (Fsp3) is 0.364. The summed E-state index contributed by atoms with van der Waals surface area (Å²) in [7, 11) is 5.43. The van der Waals surface area contributed by atoms with Crippen LogP contribution in [0.1, 0.15) is 5.56 Å². The second-order valence-electron chi connectivity index (χ2n) is 3.37. The lowest BCUT2D eigenvalue weighted by atomic mass is 10.2. The van der Waals surface area contributed by atoms with Gasteiger partial charge >= 0.3 is 0 Å². The average molecular weight is 303 g/mol. The number of hydrogen-bond donors (Lipinski definition) is 1. The maximum atomic E-state index is 5.30. The Morgan fingerprint density at radius 3 is 2.81 bits per heavy atom. The number of methoxy groups -OCH3 is 1. The quantitative estimate of drug-likeness (QED) is 0.867. The van der Waals surface area contributed by atoms with Crippen molar-refractivity contribution in [3.05, 3.63) is 28.2 Å². The zero-order valence-corrected chi connectivity index (χ0v) is 12.0. The maximum absolute atomic E-state index is 5.30. The second-order valence-corrected chi connectivity index (χ2v) is 4.67. The van der Waals surface area contributed by atoms with Gasteiger partial charge in [-0.15, -0.1) is 0 Å². The van der Waals surface area contributed by atoms with Gasteiger partial charge in [0.2, 0.25) is 0 Å². The van der Waals surface area contributed by atoms with Crippen LogP contribution in [0.25, 0.3) is 0 Å². The van der Waals surface area contributed by atoms with E-state index in [2.05, 4.69) is 21.2 Å². The zero-order valence-electron chi connectivity index (χ0n) is 9.58. The SMILES string of the molecule is CNC(=S)N(C)Cc1cc(Br)ccc1OC. The third kappa shape index (κ3) is 3.35. The van der Waals surface area contributed by atoms with E-state index >= 15 is 0 Å². The normalized spacial score (nSPS) is 9.75. The minimum Gasteiger partial charge on any atom is -0.496 e. The molecule has 0 heterocycles. The number of thiocarbonyl (C=S) groups is 1. The predicted molar refractivity (Wildman–Crippen MR) is 73.8 cm³/mol. The molecule has 88 valence electrons. The van der Waals surface area contributed by atoms with E-state index in [4.69, 9.17) is 17.0 Å². The smallest absolute Gasteiger partial charge is 0.168 e. The first-order valence-electron chi connectivity index (χ1n) is 4.83. The van der Waals surface area contributed by atoms with Gasteiger partial charge < -0.3 is 15.0 Å². The minimum atomic E-state index is 0.710. The first-order chi connectivity index (χ1) is 7.58. The summed E-state index contributed by atoms with van der Waals surface area (Å²) < 4.78 is 6.34. The molecule has 0 aliphatic rings. The van der Waals surface area contributed by atoms with Gasteiger partial charge in [-0.2, -0.15) is 0 Å². The summed E-state index contributed by atoms with van der Waals surface area (Å²) >= 11 is 8.60. The summed E-state index contributed by atoms with van der Waals surface area (Å²) in [5.41, 5.74) is 1.09. The fourth-order valence-electron chi connectivity index (χ4n) is 1.39. The number of benzene rings is 1. The van der Waals surface area contributed by atoms with Crippen LogP contribution in [-0.4, -0.2) is 31.2 Å². The Kier molecular flexibility index (Phi) is 5.02. The third-order valence-electron chi connectivity index (χ3n) is 2.21. The Bertz CT molecular complexity index is 384. The van der Waals surface area contributed by atoms with Crippen molar-refractivity contribution in [1.29, 1.82) is 0 Å².